The predicted octanol–water partition coefficient (Wildman–Crippen LogP) is 6.11. The van der Waals surface area contributed by atoms with E-state index in [1.807, 2.05) is 91.0 Å². The quantitative estimate of drug-likeness (QED) is 0.330. The molecule has 0 unspecified atom stereocenters. The Morgan fingerprint density at radius 3 is 1.94 bits per heavy atom. The van der Waals surface area contributed by atoms with Gasteiger partial charge in [-0.2, -0.15) is 0 Å². The van der Waals surface area contributed by atoms with Crippen LogP contribution >= 0.6 is 0 Å². The van der Waals surface area contributed by atoms with Crippen LogP contribution in [0.25, 0.3) is 11.1 Å². The first kappa shape index (κ1) is 20.4. The molecule has 1 aromatic heterocycles. The minimum absolute atomic E-state index is 0.0410. The average Bonchev–Trinajstić information content (AvgIpc) is 2.83. The monoisotopic (exact) mass is 409 g/mol. The molecule has 0 radical (unpaired) electrons. The summed E-state index contributed by atoms with van der Waals surface area (Å²) in [6, 6.07) is 29.3. The lowest BCUT2D eigenvalue weighted by Gasteiger charge is -2.12. The Morgan fingerprint density at radius 1 is 0.742 bits per heavy atom. The molecule has 4 heteroatoms. The van der Waals surface area contributed by atoms with Crippen LogP contribution in [0, 0.1) is 0 Å². The van der Waals surface area contributed by atoms with Crippen molar-refractivity contribution in [3.8, 4) is 22.8 Å². The molecule has 1 heterocycles. The molecule has 3 aromatic carbocycles. The van der Waals surface area contributed by atoms with E-state index in [4.69, 9.17) is 9.47 Å². The van der Waals surface area contributed by atoms with Crippen LogP contribution in [0.1, 0.15) is 28.4 Å². The molecule has 0 bridgehead atoms. The number of ketones is 1. The standard InChI is InChI=1S/C27H23NO3/c1-20(29)25-16-23(12-14-26(25)30-18-21-8-4-2-5-9-21)24-13-15-27(28-17-24)31-19-22-10-6-3-7-11-22/h2-17H,18-19H2,1H3. The Bertz CT molecular complexity index is 1140. The van der Waals surface area contributed by atoms with E-state index >= 15 is 0 Å². The molecule has 0 spiro atoms. The zero-order valence-corrected chi connectivity index (χ0v) is 17.3. The van der Waals surface area contributed by atoms with Crippen LogP contribution in [0.5, 0.6) is 11.6 Å². The Balaban J connectivity index is 1.47. The van der Waals surface area contributed by atoms with Gasteiger partial charge in [0.2, 0.25) is 5.88 Å². The zero-order valence-electron chi connectivity index (χ0n) is 17.3. The molecule has 0 aliphatic heterocycles. The molecule has 31 heavy (non-hydrogen) atoms. The number of pyridine rings is 1. The Morgan fingerprint density at radius 2 is 1.35 bits per heavy atom. The third-order valence-electron chi connectivity index (χ3n) is 4.90. The van der Waals surface area contributed by atoms with Crippen molar-refractivity contribution < 1.29 is 14.3 Å². The summed E-state index contributed by atoms with van der Waals surface area (Å²) in [7, 11) is 0. The molecular weight excluding hydrogens is 386 g/mol. The first-order chi connectivity index (χ1) is 15.2. The lowest BCUT2D eigenvalue weighted by Crippen LogP contribution is -2.02. The Hall–Kier alpha value is -3.92. The van der Waals surface area contributed by atoms with Crippen molar-refractivity contribution in [1.29, 1.82) is 0 Å². The molecular formula is C27H23NO3. The van der Waals surface area contributed by atoms with Crippen molar-refractivity contribution in [3.05, 3.63) is 114 Å². The van der Waals surface area contributed by atoms with E-state index < -0.39 is 0 Å². The van der Waals surface area contributed by atoms with Crippen molar-refractivity contribution in [2.24, 2.45) is 0 Å². The number of nitrogens with zero attached hydrogens (tertiary/aromatic N) is 1. The summed E-state index contributed by atoms with van der Waals surface area (Å²) in [6.45, 7) is 2.43. The maximum Gasteiger partial charge on any atom is 0.213 e. The van der Waals surface area contributed by atoms with Crippen LogP contribution in [-0.4, -0.2) is 10.8 Å². The normalized spacial score (nSPS) is 10.5. The van der Waals surface area contributed by atoms with Crippen LogP contribution in [-0.2, 0) is 13.2 Å². The number of rotatable bonds is 8. The highest BCUT2D eigenvalue weighted by Crippen LogP contribution is 2.28. The molecule has 0 saturated carbocycles. The van der Waals surface area contributed by atoms with Gasteiger partial charge in [0.05, 0.1) is 5.56 Å². The molecule has 0 amide bonds. The molecule has 4 aromatic rings. The number of carbonyl (C=O) groups excluding carboxylic acids is 1. The minimum atomic E-state index is -0.0410. The first-order valence-electron chi connectivity index (χ1n) is 10.1. The summed E-state index contributed by atoms with van der Waals surface area (Å²) in [5, 5.41) is 0. The summed E-state index contributed by atoms with van der Waals surface area (Å²) >= 11 is 0. The van der Waals surface area contributed by atoms with E-state index in [1.165, 1.54) is 0 Å². The summed E-state index contributed by atoms with van der Waals surface area (Å²) in [5.41, 5.74) is 4.50. The van der Waals surface area contributed by atoms with Gasteiger partial charge < -0.3 is 9.47 Å². The topological polar surface area (TPSA) is 48.4 Å². The molecule has 4 nitrogen and oxygen atoms in total. The van der Waals surface area contributed by atoms with Gasteiger partial charge >= 0.3 is 0 Å². The van der Waals surface area contributed by atoms with Crippen LogP contribution in [0.4, 0.5) is 0 Å². The predicted molar refractivity (Wildman–Crippen MR) is 121 cm³/mol. The summed E-state index contributed by atoms with van der Waals surface area (Å²) in [6.07, 6.45) is 1.75. The van der Waals surface area contributed by atoms with Gasteiger partial charge in [-0.25, -0.2) is 4.98 Å². The van der Waals surface area contributed by atoms with Gasteiger partial charge in [-0.1, -0.05) is 66.7 Å². The SMILES string of the molecule is CC(=O)c1cc(-c2ccc(OCc3ccccc3)nc2)ccc1OCc1ccccc1. The van der Waals surface area contributed by atoms with Gasteiger partial charge in [-0.15, -0.1) is 0 Å². The number of ether oxygens (including phenoxy) is 2. The second-order valence-electron chi connectivity index (χ2n) is 7.20. The summed E-state index contributed by atoms with van der Waals surface area (Å²) < 4.78 is 11.7. The van der Waals surface area contributed by atoms with E-state index in [9.17, 15) is 4.79 Å². The highest BCUT2D eigenvalue weighted by atomic mass is 16.5. The van der Waals surface area contributed by atoms with Gasteiger partial charge in [0.25, 0.3) is 0 Å². The maximum atomic E-state index is 12.2. The first-order valence-corrected chi connectivity index (χ1v) is 10.1. The van der Waals surface area contributed by atoms with Crippen molar-refractivity contribution in [1.82, 2.24) is 4.98 Å². The van der Waals surface area contributed by atoms with E-state index in [-0.39, 0.29) is 5.78 Å². The molecule has 0 aliphatic rings. The number of benzene rings is 3. The van der Waals surface area contributed by atoms with Crippen molar-refractivity contribution >= 4 is 5.78 Å². The second kappa shape index (κ2) is 9.72. The maximum absolute atomic E-state index is 12.2. The van der Waals surface area contributed by atoms with Crippen molar-refractivity contribution in [3.63, 3.8) is 0 Å². The highest BCUT2D eigenvalue weighted by Gasteiger charge is 2.12. The number of hydrogen-bond acceptors (Lipinski definition) is 4. The molecule has 0 N–H and O–H groups in total. The van der Waals surface area contributed by atoms with Crippen LogP contribution < -0.4 is 9.47 Å². The molecule has 0 fully saturated rings. The van der Waals surface area contributed by atoms with E-state index in [2.05, 4.69) is 4.98 Å². The molecule has 154 valence electrons. The molecule has 0 aliphatic carbocycles. The van der Waals surface area contributed by atoms with Crippen molar-refractivity contribution in [2.75, 3.05) is 0 Å². The average molecular weight is 409 g/mol. The number of aromatic nitrogens is 1. The van der Waals surface area contributed by atoms with E-state index in [1.54, 1.807) is 13.1 Å². The Kier molecular flexibility index (Phi) is 6.38. The fourth-order valence-electron chi connectivity index (χ4n) is 3.21. The summed E-state index contributed by atoms with van der Waals surface area (Å²) in [4.78, 5) is 16.6. The third kappa shape index (κ3) is 5.37. The number of Topliss-reactive ketones (excluding diaryl/α,β-unsaturated/α-hetero) is 1. The van der Waals surface area contributed by atoms with Crippen LogP contribution in [0.15, 0.2) is 97.2 Å². The third-order valence-corrected chi connectivity index (χ3v) is 4.90. The molecule has 0 saturated heterocycles. The zero-order chi connectivity index (χ0) is 21.5. The van der Waals surface area contributed by atoms with Gasteiger partial charge in [-0.3, -0.25) is 4.79 Å². The van der Waals surface area contributed by atoms with Crippen molar-refractivity contribution in [2.45, 2.75) is 20.1 Å². The fourth-order valence-corrected chi connectivity index (χ4v) is 3.21. The minimum Gasteiger partial charge on any atom is -0.488 e. The fraction of sp³-hybridized carbons (Fsp3) is 0.111. The van der Waals surface area contributed by atoms with Crippen LogP contribution in [0.3, 0.4) is 0 Å². The lowest BCUT2D eigenvalue weighted by molar-refractivity contribution is 0.101. The Labute approximate surface area is 182 Å². The van der Waals surface area contributed by atoms with Crippen LogP contribution in [0.2, 0.25) is 0 Å². The lowest BCUT2D eigenvalue weighted by atomic mass is 10.0. The van der Waals surface area contributed by atoms with E-state index in [0.29, 0.717) is 30.4 Å². The molecule has 4 rings (SSSR count). The molecule has 0 atom stereocenters. The van der Waals surface area contributed by atoms with E-state index in [0.717, 1.165) is 22.3 Å². The van der Waals surface area contributed by atoms with Gasteiger partial charge in [0.1, 0.15) is 19.0 Å². The summed E-state index contributed by atoms with van der Waals surface area (Å²) in [5.74, 6) is 1.10. The number of hydrogen-bond donors (Lipinski definition) is 0. The van der Waals surface area contributed by atoms with Gasteiger partial charge in [0, 0.05) is 17.8 Å². The highest BCUT2D eigenvalue weighted by molar-refractivity contribution is 5.98. The smallest absolute Gasteiger partial charge is 0.213 e. The van der Waals surface area contributed by atoms with Gasteiger partial charge in [-0.05, 0) is 41.8 Å². The second-order valence-corrected chi connectivity index (χ2v) is 7.20. The largest absolute Gasteiger partial charge is 0.488 e. The van der Waals surface area contributed by atoms with Gasteiger partial charge in [0.15, 0.2) is 5.78 Å². The number of carbonyl (C=O) groups is 1.